The van der Waals surface area contributed by atoms with Crippen LogP contribution in [-0.4, -0.2) is 34.1 Å². The Balaban J connectivity index is 1.49. The van der Waals surface area contributed by atoms with Crippen molar-refractivity contribution in [3.05, 3.63) is 33.6 Å². The third-order valence-corrected chi connectivity index (χ3v) is 5.59. The molecule has 2 aromatic rings. The Hall–Kier alpha value is -1.73. The standard InChI is InChI=1S/C16H19N3O3S/c1-10-17-16(18-22-10)12-3-2-6-19(12)14(20)9-13-15-11(4-7-21-13)5-8-23-15/h5,8,12-13H,2-4,6-7,9H2,1H3. The third-order valence-electron chi connectivity index (χ3n) is 4.54. The van der Waals surface area contributed by atoms with Crippen molar-refractivity contribution in [3.8, 4) is 0 Å². The Morgan fingerprint density at radius 2 is 2.43 bits per heavy atom. The molecule has 122 valence electrons. The second-order valence-electron chi connectivity index (χ2n) is 6.04. The number of amides is 1. The number of carbonyl (C=O) groups is 1. The van der Waals surface area contributed by atoms with E-state index in [0.717, 1.165) is 25.8 Å². The van der Waals surface area contributed by atoms with Gasteiger partial charge >= 0.3 is 0 Å². The van der Waals surface area contributed by atoms with E-state index < -0.39 is 0 Å². The average molecular weight is 333 g/mol. The summed E-state index contributed by atoms with van der Waals surface area (Å²) < 4.78 is 10.9. The molecule has 1 fully saturated rings. The van der Waals surface area contributed by atoms with Gasteiger partial charge in [0, 0.05) is 18.3 Å². The van der Waals surface area contributed by atoms with Gasteiger partial charge in [0.1, 0.15) is 6.10 Å². The first-order chi connectivity index (χ1) is 11.2. The summed E-state index contributed by atoms with van der Waals surface area (Å²) in [4.78, 5) is 20.2. The van der Waals surface area contributed by atoms with Crippen molar-refractivity contribution < 1.29 is 14.1 Å². The van der Waals surface area contributed by atoms with Gasteiger partial charge in [-0.2, -0.15) is 4.98 Å². The normalized spacial score (nSPS) is 24.0. The second kappa shape index (κ2) is 6.05. The van der Waals surface area contributed by atoms with Gasteiger partial charge in [-0.05, 0) is 36.3 Å². The zero-order valence-electron chi connectivity index (χ0n) is 13.0. The van der Waals surface area contributed by atoms with Crippen LogP contribution in [0.15, 0.2) is 16.0 Å². The van der Waals surface area contributed by atoms with Crippen LogP contribution in [0, 0.1) is 6.92 Å². The van der Waals surface area contributed by atoms with Crippen molar-refractivity contribution in [2.45, 2.75) is 44.8 Å². The number of fused-ring (bicyclic) bond motifs is 1. The summed E-state index contributed by atoms with van der Waals surface area (Å²) in [6, 6.07) is 2.08. The fourth-order valence-corrected chi connectivity index (χ4v) is 4.44. The Labute approximate surface area is 138 Å². The van der Waals surface area contributed by atoms with Gasteiger partial charge < -0.3 is 14.2 Å². The summed E-state index contributed by atoms with van der Waals surface area (Å²) in [5, 5.41) is 6.08. The minimum atomic E-state index is -0.112. The van der Waals surface area contributed by atoms with E-state index in [1.165, 1.54) is 10.4 Å². The highest BCUT2D eigenvalue weighted by Gasteiger charge is 2.35. The van der Waals surface area contributed by atoms with E-state index in [0.29, 0.717) is 24.7 Å². The molecule has 0 aromatic carbocycles. The molecule has 2 atom stereocenters. The number of ether oxygens (including phenoxy) is 1. The first-order valence-electron chi connectivity index (χ1n) is 8.00. The summed E-state index contributed by atoms with van der Waals surface area (Å²) in [6.45, 7) is 3.21. The van der Waals surface area contributed by atoms with Gasteiger partial charge in [0.25, 0.3) is 0 Å². The van der Waals surface area contributed by atoms with E-state index >= 15 is 0 Å². The number of aromatic nitrogens is 2. The predicted octanol–water partition coefficient (Wildman–Crippen LogP) is 2.81. The zero-order chi connectivity index (χ0) is 15.8. The number of hydrogen-bond donors (Lipinski definition) is 0. The van der Waals surface area contributed by atoms with Crippen molar-refractivity contribution in [3.63, 3.8) is 0 Å². The molecule has 0 N–H and O–H groups in total. The average Bonchev–Trinajstić information content (AvgIpc) is 3.26. The van der Waals surface area contributed by atoms with Crippen molar-refractivity contribution >= 4 is 17.2 Å². The summed E-state index contributed by atoms with van der Waals surface area (Å²) >= 11 is 1.68. The number of hydrogen-bond acceptors (Lipinski definition) is 6. The lowest BCUT2D eigenvalue weighted by Gasteiger charge is -2.27. The molecular formula is C16H19N3O3S. The molecule has 0 spiro atoms. The molecule has 7 heteroatoms. The SMILES string of the molecule is Cc1nc(C2CCCN2C(=O)CC2OCCc3ccsc32)no1. The Kier molecular flexibility index (Phi) is 3.90. The molecule has 4 rings (SSSR count). The maximum absolute atomic E-state index is 12.8. The van der Waals surface area contributed by atoms with E-state index in [2.05, 4.69) is 21.6 Å². The van der Waals surface area contributed by atoms with Gasteiger partial charge in [-0.3, -0.25) is 4.79 Å². The molecule has 2 unspecified atom stereocenters. The molecule has 1 amide bonds. The fraction of sp³-hybridized carbons (Fsp3) is 0.562. The van der Waals surface area contributed by atoms with Crippen LogP contribution in [-0.2, 0) is 16.0 Å². The van der Waals surface area contributed by atoms with E-state index in [-0.39, 0.29) is 18.1 Å². The van der Waals surface area contributed by atoms with Crippen molar-refractivity contribution in [2.75, 3.05) is 13.2 Å². The Bertz CT molecular complexity index is 711. The highest BCUT2D eigenvalue weighted by atomic mass is 32.1. The highest BCUT2D eigenvalue weighted by Crippen LogP contribution is 2.36. The zero-order valence-corrected chi connectivity index (χ0v) is 13.8. The summed E-state index contributed by atoms with van der Waals surface area (Å²) in [6.07, 6.45) is 3.08. The molecule has 2 aliphatic heterocycles. The molecule has 23 heavy (non-hydrogen) atoms. The third kappa shape index (κ3) is 2.79. The quantitative estimate of drug-likeness (QED) is 0.864. The smallest absolute Gasteiger partial charge is 0.226 e. The van der Waals surface area contributed by atoms with Crippen molar-refractivity contribution in [1.29, 1.82) is 0 Å². The topological polar surface area (TPSA) is 68.5 Å². The summed E-state index contributed by atoms with van der Waals surface area (Å²) in [7, 11) is 0. The predicted molar refractivity (Wildman–Crippen MR) is 84.1 cm³/mol. The number of carbonyl (C=O) groups excluding carboxylic acids is 1. The maximum atomic E-state index is 12.8. The number of nitrogens with zero attached hydrogens (tertiary/aromatic N) is 3. The van der Waals surface area contributed by atoms with Crippen LogP contribution >= 0.6 is 11.3 Å². The van der Waals surface area contributed by atoms with E-state index in [4.69, 9.17) is 9.26 Å². The van der Waals surface area contributed by atoms with Gasteiger partial charge in [0.15, 0.2) is 5.82 Å². The molecule has 4 heterocycles. The van der Waals surface area contributed by atoms with Gasteiger partial charge in [-0.1, -0.05) is 5.16 Å². The molecule has 0 saturated carbocycles. The molecule has 0 radical (unpaired) electrons. The number of rotatable bonds is 3. The van der Waals surface area contributed by atoms with Gasteiger partial charge in [0.05, 0.1) is 19.1 Å². The molecule has 2 aromatic heterocycles. The molecule has 2 aliphatic rings. The van der Waals surface area contributed by atoms with Gasteiger partial charge in [-0.15, -0.1) is 11.3 Å². The van der Waals surface area contributed by atoms with Crippen LogP contribution in [0.25, 0.3) is 0 Å². The number of aryl methyl sites for hydroxylation is 1. The fourth-order valence-electron chi connectivity index (χ4n) is 3.43. The van der Waals surface area contributed by atoms with Gasteiger partial charge in [0.2, 0.25) is 11.8 Å². The first-order valence-corrected chi connectivity index (χ1v) is 8.88. The molecule has 6 nitrogen and oxygen atoms in total. The monoisotopic (exact) mass is 333 g/mol. The van der Waals surface area contributed by atoms with Crippen LogP contribution in [0.3, 0.4) is 0 Å². The Morgan fingerprint density at radius 3 is 3.26 bits per heavy atom. The maximum Gasteiger partial charge on any atom is 0.226 e. The minimum Gasteiger partial charge on any atom is -0.372 e. The van der Waals surface area contributed by atoms with Crippen molar-refractivity contribution in [1.82, 2.24) is 15.0 Å². The summed E-state index contributed by atoms with van der Waals surface area (Å²) in [5.41, 5.74) is 1.32. The summed E-state index contributed by atoms with van der Waals surface area (Å²) in [5.74, 6) is 1.27. The Morgan fingerprint density at radius 1 is 1.52 bits per heavy atom. The second-order valence-corrected chi connectivity index (χ2v) is 6.99. The largest absolute Gasteiger partial charge is 0.372 e. The van der Waals surface area contributed by atoms with E-state index in [1.54, 1.807) is 18.3 Å². The van der Waals surface area contributed by atoms with Crippen LogP contribution in [0.4, 0.5) is 0 Å². The van der Waals surface area contributed by atoms with Crippen LogP contribution < -0.4 is 0 Å². The minimum absolute atomic E-state index is 0.0636. The van der Waals surface area contributed by atoms with Crippen LogP contribution in [0.1, 0.15) is 53.6 Å². The lowest BCUT2D eigenvalue weighted by atomic mass is 10.0. The lowest BCUT2D eigenvalue weighted by molar-refractivity contribution is -0.135. The van der Waals surface area contributed by atoms with Crippen LogP contribution in [0.2, 0.25) is 0 Å². The lowest BCUT2D eigenvalue weighted by Crippen LogP contribution is -2.33. The number of likely N-dealkylation sites (tertiary alicyclic amines) is 1. The molecule has 1 saturated heterocycles. The molecule has 0 aliphatic carbocycles. The number of thiophene rings is 1. The first kappa shape index (κ1) is 14.8. The van der Waals surface area contributed by atoms with E-state index in [9.17, 15) is 4.79 Å². The highest BCUT2D eigenvalue weighted by molar-refractivity contribution is 7.10. The van der Waals surface area contributed by atoms with E-state index in [1.807, 2.05) is 4.90 Å². The van der Waals surface area contributed by atoms with Crippen LogP contribution in [0.5, 0.6) is 0 Å². The van der Waals surface area contributed by atoms with Crippen molar-refractivity contribution in [2.24, 2.45) is 0 Å². The molecule has 0 bridgehead atoms. The van der Waals surface area contributed by atoms with Gasteiger partial charge in [-0.25, -0.2) is 0 Å². The molecular weight excluding hydrogens is 314 g/mol.